The van der Waals surface area contributed by atoms with Crippen LogP contribution in [0.3, 0.4) is 0 Å². The predicted octanol–water partition coefficient (Wildman–Crippen LogP) is 3.01. The molecule has 4 heteroatoms. The molecule has 3 nitrogen and oxygen atoms in total. The second kappa shape index (κ2) is 5.68. The zero-order valence-electron chi connectivity index (χ0n) is 11.7. The fourth-order valence-corrected chi connectivity index (χ4v) is 3.77. The van der Waals surface area contributed by atoms with Crippen molar-refractivity contribution in [1.82, 2.24) is 4.90 Å². The first kappa shape index (κ1) is 13.8. The second-order valence-corrected chi connectivity index (χ2v) is 6.25. The summed E-state index contributed by atoms with van der Waals surface area (Å²) in [6, 6.07) is 7.54. The monoisotopic (exact) mass is 291 g/mol. The van der Waals surface area contributed by atoms with E-state index in [2.05, 4.69) is 12.6 Å². The molecular formula is C16H21NO2S. The van der Waals surface area contributed by atoms with Crippen LogP contribution in [0.5, 0.6) is 5.75 Å². The van der Waals surface area contributed by atoms with Gasteiger partial charge in [-0.2, -0.15) is 12.6 Å². The molecule has 0 bridgehead atoms. The summed E-state index contributed by atoms with van der Waals surface area (Å²) in [4.78, 5) is 14.7. The van der Waals surface area contributed by atoms with Crippen molar-refractivity contribution in [2.45, 2.75) is 25.7 Å². The maximum atomic E-state index is 12.7. The molecule has 20 heavy (non-hydrogen) atoms. The Morgan fingerprint density at radius 2 is 2.00 bits per heavy atom. The predicted molar refractivity (Wildman–Crippen MR) is 82.6 cm³/mol. The van der Waals surface area contributed by atoms with E-state index in [1.807, 2.05) is 29.2 Å². The van der Waals surface area contributed by atoms with E-state index in [1.165, 1.54) is 25.7 Å². The van der Waals surface area contributed by atoms with Gasteiger partial charge in [0.2, 0.25) is 0 Å². The molecule has 1 heterocycles. The lowest BCUT2D eigenvalue weighted by Crippen LogP contribution is -2.42. The highest BCUT2D eigenvalue weighted by Gasteiger charge is 2.36. The molecule has 3 rings (SSSR count). The number of benzene rings is 1. The molecule has 2 aliphatic rings. The summed E-state index contributed by atoms with van der Waals surface area (Å²) in [5.41, 5.74) is 0.898. The van der Waals surface area contributed by atoms with Gasteiger partial charge >= 0.3 is 0 Å². The molecule has 1 fully saturated rings. The molecule has 1 amide bonds. The van der Waals surface area contributed by atoms with E-state index in [0.29, 0.717) is 24.5 Å². The molecule has 0 unspecified atom stereocenters. The lowest BCUT2D eigenvalue weighted by molar-refractivity contribution is 0.0676. The third kappa shape index (κ3) is 2.53. The number of para-hydroxylation sites is 1. The topological polar surface area (TPSA) is 29.5 Å². The molecule has 1 aromatic rings. The number of fused-ring (bicyclic) bond motifs is 1. The summed E-state index contributed by atoms with van der Waals surface area (Å²) in [6.07, 6.45) is 4.89. The van der Waals surface area contributed by atoms with E-state index >= 15 is 0 Å². The average molecular weight is 291 g/mol. The first-order chi connectivity index (χ1) is 9.74. The Labute approximate surface area is 125 Å². The summed E-state index contributed by atoms with van der Waals surface area (Å²) < 4.78 is 5.70. The third-order valence-corrected chi connectivity index (χ3v) is 5.22. The molecule has 1 saturated carbocycles. The smallest absolute Gasteiger partial charge is 0.257 e. The minimum Gasteiger partial charge on any atom is -0.491 e. The van der Waals surface area contributed by atoms with Crippen molar-refractivity contribution in [3.05, 3.63) is 29.8 Å². The minimum atomic E-state index is 0.103. The Morgan fingerprint density at radius 1 is 1.25 bits per heavy atom. The first-order valence-corrected chi connectivity index (χ1v) is 7.99. The first-order valence-electron chi connectivity index (χ1n) is 7.36. The number of carbonyl (C=O) groups excluding carboxylic acids is 1. The van der Waals surface area contributed by atoms with E-state index in [-0.39, 0.29) is 11.3 Å². The number of rotatable bonds is 3. The highest BCUT2D eigenvalue weighted by molar-refractivity contribution is 7.80. The number of thiol groups is 1. The number of ether oxygens (including phenoxy) is 1. The summed E-state index contributed by atoms with van der Waals surface area (Å²) in [5, 5.41) is 0. The normalized spacial score (nSPS) is 21.2. The molecule has 0 N–H and O–H groups in total. The molecule has 0 radical (unpaired) electrons. The molecule has 0 saturated heterocycles. The van der Waals surface area contributed by atoms with Gasteiger partial charge in [-0.05, 0) is 36.1 Å². The van der Waals surface area contributed by atoms with Crippen LogP contribution in [0.25, 0.3) is 0 Å². The summed E-state index contributed by atoms with van der Waals surface area (Å²) in [7, 11) is 0. The Morgan fingerprint density at radius 3 is 2.75 bits per heavy atom. The van der Waals surface area contributed by atoms with Crippen molar-refractivity contribution in [3.8, 4) is 5.75 Å². The Bertz CT molecular complexity index is 497. The lowest BCUT2D eigenvalue weighted by Gasteiger charge is -2.33. The highest BCUT2D eigenvalue weighted by Crippen LogP contribution is 2.40. The fourth-order valence-electron chi connectivity index (χ4n) is 3.35. The van der Waals surface area contributed by atoms with Crippen LogP contribution < -0.4 is 4.74 Å². The van der Waals surface area contributed by atoms with Crippen molar-refractivity contribution < 1.29 is 9.53 Å². The van der Waals surface area contributed by atoms with Crippen molar-refractivity contribution in [2.75, 3.05) is 25.4 Å². The quantitative estimate of drug-likeness (QED) is 0.868. The number of nitrogens with zero attached hydrogens (tertiary/aromatic N) is 1. The standard InChI is InChI=1S/C16H21NO2S/c18-15-13-5-1-2-6-14(13)19-10-9-17(15)11-16(12-20)7-3-4-8-16/h1-2,5-6,20H,3-4,7-12H2. The number of hydrogen-bond donors (Lipinski definition) is 1. The molecule has 0 atom stereocenters. The summed E-state index contributed by atoms with van der Waals surface area (Å²) >= 11 is 4.54. The average Bonchev–Trinajstić information content (AvgIpc) is 2.89. The van der Waals surface area contributed by atoms with Gasteiger partial charge in [-0.25, -0.2) is 0 Å². The molecule has 1 aliphatic heterocycles. The van der Waals surface area contributed by atoms with Crippen molar-refractivity contribution in [1.29, 1.82) is 0 Å². The van der Waals surface area contributed by atoms with Crippen LogP contribution in [0.15, 0.2) is 24.3 Å². The van der Waals surface area contributed by atoms with Crippen LogP contribution >= 0.6 is 12.6 Å². The molecular weight excluding hydrogens is 270 g/mol. The van der Waals surface area contributed by atoms with Crippen LogP contribution in [0.4, 0.5) is 0 Å². The largest absolute Gasteiger partial charge is 0.491 e. The maximum absolute atomic E-state index is 12.7. The number of carbonyl (C=O) groups is 1. The molecule has 1 aromatic carbocycles. The van der Waals surface area contributed by atoms with Crippen LogP contribution in [-0.4, -0.2) is 36.3 Å². The van der Waals surface area contributed by atoms with Gasteiger partial charge in [-0.1, -0.05) is 25.0 Å². The van der Waals surface area contributed by atoms with Gasteiger partial charge in [0.05, 0.1) is 12.1 Å². The van der Waals surface area contributed by atoms with Crippen molar-refractivity contribution in [2.24, 2.45) is 5.41 Å². The third-order valence-electron chi connectivity index (χ3n) is 4.55. The van der Waals surface area contributed by atoms with Gasteiger partial charge < -0.3 is 9.64 Å². The summed E-state index contributed by atoms with van der Waals surface area (Å²) in [5.74, 6) is 1.68. The highest BCUT2D eigenvalue weighted by atomic mass is 32.1. The second-order valence-electron chi connectivity index (χ2n) is 5.94. The van der Waals surface area contributed by atoms with Gasteiger partial charge in [0, 0.05) is 6.54 Å². The SMILES string of the molecule is O=C1c2ccccc2OCCN1CC1(CS)CCCC1. The van der Waals surface area contributed by atoms with Crippen molar-refractivity contribution >= 4 is 18.5 Å². The molecule has 1 aliphatic carbocycles. The van der Waals surface area contributed by atoms with Crippen LogP contribution in [0.2, 0.25) is 0 Å². The molecule has 0 aromatic heterocycles. The van der Waals surface area contributed by atoms with Gasteiger partial charge in [-0.3, -0.25) is 4.79 Å². The maximum Gasteiger partial charge on any atom is 0.257 e. The van der Waals surface area contributed by atoms with Crippen LogP contribution in [-0.2, 0) is 0 Å². The Kier molecular flexibility index (Phi) is 3.92. The molecule has 0 spiro atoms. The van der Waals surface area contributed by atoms with Gasteiger partial charge in [0.25, 0.3) is 5.91 Å². The van der Waals surface area contributed by atoms with E-state index in [1.54, 1.807) is 0 Å². The number of hydrogen-bond acceptors (Lipinski definition) is 3. The zero-order chi connectivity index (χ0) is 14.0. The Balaban J connectivity index is 1.82. The van der Waals surface area contributed by atoms with E-state index in [0.717, 1.165) is 12.3 Å². The van der Waals surface area contributed by atoms with E-state index in [9.17, 15) is 4.79 Å². The minimum absolute atomic E-state index is 0.103. The van der Waals surface area contributed by atoms with Crippen molar-refractivity contribution in [3.63, 3.8) is 0 Å². The van der Waals surface area contributed by atoms with Gasteiger partial charge in [0.15, 0.2) is 0 Å². The lowest BCUT2D eigenvalue weighted by atomic mass is 9.87. The fraction of sp³-hybridized carbons (Fsp3) is 0.562. The van der Waals surface area contributed by atoms with Crippen LogP contribution in [0.1, 0.15) is 36.0 Å². The van der Waals surface area contributed by atoms with E-state index < -0.39 is 0 Å². The van der Waals surface area contributed by atoms with Gasteiger partial charge in [0.1, 0.15) is 12.4 Å². The number of amides is 1. The van der Waals surface area contributed by atoms with Crippen LogP contribution in [0, 0.1) is 5.41 Å². The molecule has 108 valence electrons. The zero-order valence-corrected chi connectivity index (χ0v) is 12.6. The Hall–Kier alpha value is -1.16. The van der Waals surface area contributed by atoms with E-state index in [4.69, 9.17) is 4.74 Å². The summed E-state index contributed by atoms with van der Waals surface area (Å²) in [6.45, 7) is 2.06. The van der Waals surface area contributed by atoms with Gasteiger partial charge in [-0.15, -0.1) is 0 Å².